The van der Waals surface area contributed by atoms with Crippen LogP contribution in [0, 0.1) is 0 Å². The standard InChI is InChI=1S/C25H23NO7S/c1-4-34(28,29)26-17-10-12-20(32-23-8-6-5-7-22(23)30-2)18(14-17)16-9-11-21-19(13-16)24(31-3)15-25(27)33-21/h5-15,26H,4H2,1-3H3. The van der Waals surface area contributed by atoms with Gasteiger partial charge in [-0.15, -0.1) is 0 Å². The lowest BCUT2D eigenvalue weighted by molar-refractivity contribution is 0.379. The van der Waals surface area contributed by atoms with Crippen LogP contribution >= 0.6 is 0 Å². The fourth-order valence-electron chi connectivity index (χ4n) is 3.45. The fraction of sp³-hybridized carbons (Fsp3) is 0.160. The van der Waals surface area contributed by atoms with Crippen molar-refractivity contribution < 1.29 is 27.0 Å². The summed E-state index contributed by atoms with van der Waals surface area (Å²) in [5, 5.41) is 0.586. The van der Waals surface area contributed by atoms with E-state index in [1.165, 1.54) is 13.2 Å². The molecule has 3 aromatic carbocycles. The van der Waals surface area contributed by atoms with E-state index in [4.69, 9.17) is 18.6 Å². The van der Waals surface area contributed by atoms with E-state index in [-0.39, 0.29) is 5.75 Å². The van der Waals surface area contributed by atoms with Gasteiger partial charge in [0.05, 0.1) is 31.4 Å². The molecule has 0 fully saturated rings. The molecule has 0 aliphatic carbocycles. The van der Waals surface area contributed by atoms with Crippen molar-refractivity contribution >= 4 is 26.7 Å². The minimum absolute atomic E-state index is 0.0615. The molecule has 0 aliphatic heterocycles. The molecule has 0 spiro atoms. The van der Waals surface area contributed by atoms with Gasteiger partial charge in [0.25, 0.3) is 0 Å². The predicted molar refractivity (Wildman–Crippen MR) is 131 cm³/mol. The molecule has 9 heteroatoms. The van der Waals surface area contributed by atoms with Crippen LogP contribution in [-0.4, -0.2) is 28.4 Å². The number of hydrogen-bond acceptors (Lipinski definition) is 7. The van der Waals surface area contributed by atoms with Crippen LogP contribution in [0.1, 0.15) is 6.92 Å². The van der Waals surface area contributed by atoms with Crippen molar-refractivity contribution in [1.82, 2.24) is 0 Å². The Morgan fingerprint density at radius 1 is 0.853 bits per heavy atom. The lowest BCUT2D eigenvalue weighted by atomic mass is 10.0. The van der Waals surface area contributed by atoms with E-state index in [0.717, 1.165) is 0 Å². The second kappa shape index (κ2) is 9.48. The Labute approximate surface area is 196 Å². The summed E-state index contributed by atoms with van der Waals surface area (Å²) < 4.78 is 49.1. The van der Waals surface area contributed by atoms with E-state index in [2.05, 4.69) is 4.72 Å². The monoisotopic (exact) mass is 481 g/mol. The molecule has 0 saturated carbocycles. The molecule has 0 radical (unpaired) electrons. The maximum absolute atomic E-state index is 12.1. The number of ether oxygens (including phenoxy) is 3. The number of anilines is 1. The summed E-state index contributed by atoms with van der Waals surface area (Å²) in [6, 6.07) is 18.7. The Bertz CT molecular complexity index is 1510. The highest BCUT2D eigenvalue weighted by Gasteiger charge is 2.16. The summed E-state index contributed by atoms with van der Waals surface area (Å²) >= 11 is 0. The van der Waals surface area contributed by atoms with Gasteiger partial charge in [0.2, 0.25) is 10.0 Å². The van der Waals surface area contributed by atoms with Crippen LogP contribution in [0.25, 0.3) is 22.1 Å². The van der Waals surface area contributed by atoms with Gasteiger partial charge in [-0.2, -0.15) is 0 Å². The average molecular weight is 482 g/mol. The zero-order valence-electron chi connectivity index (χ0n) is 18.8. The molecule has 0 amide bonds. The number of methoxy groups -OCH3 is 2. The Balaban J connectivity index is 1.89. The van der Waals surface area contributed by atoms with Crippen LogP contribution < -0.4 is 24.6 Å². The Morgan fingerprint density at radius 2 is 1.59 bits per heavy atom. The van der Waals surface area contributed by atoms with Crippen LogP contribution in [0.15, 0.2) is 75.9 Å². The van der Waals surface area contributed by atoms with E-state index >= 15 is 0 Å². The van der Waals surface area contributed by atoms with Crippen LogP contribution in [0.3, 0.4) is 0 Å². The van der Waals surface area contributed by atoms with E-state index in [0.29, 0.717) is 50.8 Å². The minimum Gasteiger partial charge on any atom is -0.496 e. The number of fused-ring (bicyclic) bond motifs is 1. The van der Waals surface area contributed by atoms with Crippen molar-refractivity contribution in [3.8, 4) is 34.1 Å². The van der Waals surface area contributed by atoms with E-state index in [1.54, 1.807) is 62.6 Å². The fourth-order valence-corrected chi connectivity index (χ4v) is 4.08. The summed E-state index contributed by atoms with van der Waals surface area (Å²) in [6.07, 6.45) is 0. The van der Waals surface area contributed by atoms with Crippen molar-refractivity contribution in [2.75, 3.05) is 24.7 Å². The van der Waals surface area contributed by atoms with Crippen molar-refractivity contribution in [2.24, 2.45) is 0 Å². The molecular formula is C25H23NO7S. The Hall–Kier alpha value is -3.98. The predicted octanol–water partition coefficient (Wildman–Crippen LogP) is 5.03. The molecule has 1 aromatic heterocycles. The molecule has 0 atom stereocenters. The van der Waals surface area contributed by atoms with Crippen molar-refractivity contribution in [1.29, 1.82) is 0 Å². The normalized spacial score (nSPS) is 11.3. The highest BCUT2D eigenvalue weighted by molar-refractivity contribution is 7.92. The van der Waals surface area contributed by atoms with Gasteiger partial charge < -0.3 is 18.6 Å². The molecule has 176 valence electrons. The quantitative estimate of drug-likeness (QED) is 0.352. The molecule has 0 unspecified atom stereocenters. The molecule has 1 heterocycles. The molecule has 4 aromatic rings. The van der Waals surface area contributed by atoms with Crippen LogP contribution in [0.2, 0.25) is 0 Å². The highest BCUT2D eigenvalue weighted by atomic mass is 32.2. The van der Waals surface area contributed by atoms with Gasteiger partial charge in [0.15, 0.2) is 11.5 Å². The largest absolute Gasteiger partial charge is 0.496 e. The SMILES string of the molecule is CCS(=O)(=O)Nc1ccc(Oc2ccccc2OC)c(-c2ccc3oc(=O)cc(OC)c3c2)c1. The zero-order chi connectivity index (χ0) is 24.3. The summed E-state index contributed by atoms with van der Waals surface area (Å²) in [7, 11) is -0.464. The van der Waals surface area contributed by atoms with Gasteiger partial charge in [-0.05, 0) is 55.0 Å². The molecule has 34 heavy (non-hydrogen) atoms. The van der Waals surface area contributed by atoms with Gasteiger partial charge in [-0.25, -0.2) is 13.2 Å². The number of para-hydroxylation sites is 2. The van der Waals surface area contributed by atoms with Crippen molar-refractivity contribution in [2.45, 2.75) is 6.92 Å². The van der Waals surface area contributed by atoms with E-state index < -0.39 is 15.6 Å². The van der Waals surface area contributed by atoms with Gasteiger partial charge in [0.1, 0.15) is 17.1 Å². The molecule has 1 N–H and O–H groups in total. The Kier molecular flexibility index (Phi) is 6.47. The summed E-state index contributed by atoms with van der Waals surface area (Å²) in [5.41, 5.74) is 1.53. The van der Waals surface area contributed by atoms with Gasteiger partial charge >= 0.3 is 5.63 Å². The summed E-state index contributed by atoms with van der Waals surface area (Å²) in [6.45, 7) is 1.56. The van der Waals surface area contributed by atoms with Gasteiger partial charge in [-0.1, -0.05) is 18.2 Å². The average Bonchev–Trinajstić information content (AvgIpc) is 2.84. The second-order valence-electron chi connectivity index (χ2n) is 7.31. The third-order valence-corrected chi connectivity index (χ3v) is 6.46. The first-order valence-electron chi connectivity index (χ1n) is 10.4. The third-order valence-electron chi connectivity index (χ3n) is 5.16. The lowest BCUT2D eigenvalue weighted by Gasteiger charge is -2.16. The first-order chi connectivity index (χ1) is 16.3. The van der Waals surface area contributed by atoms with Gasteiger partial charge in [0, 0.05) is 11.3 Å². The number of nitrogens with one attached hydrogen (secondary N) is 1. The second-order valence-corrected chi connectivity index (χ2v) is 9.33. The summed E-state index contributed by atoms with van der Waals surface area (Å²) in [5.74, 6) is 1.82. The first-order valence-corrected chi connectivity index (χ1v) is 12.1. The number of hydrogen-bond donors (Lipinski definition) is 1. The number of rotatable bonds is 8. The van der Waals surface area contributed by atoms with Crippen LogP contribution in [0.4, 0.5) is 5.69 Å². The first kappa shape index (κ1) is 23.2. The van der Waals surface area contributed by atoms with Gasteiger partial charge in [-0.3, -0.25) is 4.72 Å². The highest BCUT2D eigenvalue weighted by Crippen LogP contribution is 2.40. The summed E-state index contributed by atoms with van der Waals surface area (Å²) in [4.78, 5) is 11.8. The Morgan fingerprint density at radius 3 is 2.29 bits per heavy atom. The molecule has 0 aliphatic rings. The maximum atomic E-state index is 12.1. The van der Waals surface area contributed by atoms with Crippen molar-refractivity contribution in [3.05, 3.63) is 77.2 Å². The maximum Gasteiger partial charge on any atom is 0.339 e. The number of benzene rings is 3. The molecule has 0 saturated heterocycles. The third kappa shape index (κ3) is 4.84. The smallest absolute Gasteiger partial charge is 0.339 e. The minimum atomic E-state index is -3.48. The molecular weight excluding hydrogens is 458 g/mol. The molecule has 8 nitrogen and oxygen atoms in total. The van der Waals surface area contributed by atoms with Crippen LogP contribution in [0.5, 0.6) is 23.0 Å². The van der Waals surface area contributed by atoms with E-state index in [1.807, 2.05) is 12.1 Å². The van der Waals surface area contributed by atoms with E-state index in [9.17, 15) is 13.2 Å². The topological polar surface area (TPSA) is 104 Å². The molecule has 0 bridgehead atoms. The lowest BCUT2D eigenvalue weighted by Crippen LogP contribution is -2.14. The molecule has 4 rings (SSSR count). The van der Waals surface area contributed by atoms with Crippen LogP contribution in [-0.2, 0) is 10.0 Å². The van der Waals surface area contributed by atoms with Crippen molar-refractivity contribution in [3.63, 3.8) is 0 Å². The zero-order valence-corrected chi connectivity index (χ0v) is 19.6. The number of sulfonamides is 1.